The zero-order chi connectivity index (χ0) is 18.9. The van der Waals surface area contributed by atoms with E-state index in [2.05, 4.69) is 11.4 Å². The first kappa shape index (κ1) is 18.3. The number of likely N-dealkylation sites (tertiary alicyclic amines) is 1. The molecule has 0 unspecified atom stereocenters. The number of carbonyl (C=O) groups excluding carboxylic acids is 2. The van der Waals surface area contributed by atoms with Crippen LogP contribution in [-0.2, 0) is 14.3 Å². The Morgan fingerprint density at radius 2 is 2.00 bits per heavy atom. The lowest BCUT2D eigenvalue weighted by Gasteiger charge is -2.47. The molecule has 6 heteroatoms. The Kier molecular flexibility index (Phi) is 5.08. The summed E-state index contributed by atoms with van der Waals surface area (Å²) >= 11 is 0. The van der Waals surface area contributed by atoms with E-state index >= 15 is 0 Å². The van der Waals surface area contributed by atoms with Crippen LogP contribution < -0.4 is 10.1 Å². The minimum atomic E-state index is -0.289. The quantitative estimate of drug-likeness (QED) is 0.861. The minimum absolute atomic E-state index is 0.0314. The van der Waals surface area contributed by atoms with Gasteiger partial charge in [0.2, 0.25) is 11.8 Å². The SMILES string of the molecule is COCC(=O)N1CCC2(CC1)C[C@@H](CC(=O)NC1CC1)c1ccccc1O2. The van der Waals surface area contributed by atoms with Gasteiger partial charge in [0.05, 0.1) is 0 Å². The first-order valence-electron chi connectivity index (χ1n) is 9.92. The van der Waals surface area contributed by atoms with E-state index in [0.717, 1.165) is 43.4 Å². The Labute approximate surface area is 160 Å². The van der Waals surface area contributed by atoms with Gasteiger partial charge in [0.1, 0.15) is 18.0 Å². The van der Waals surface area contributed by atoms with Gasteiger partial charge < -0.3 is 19.7 Å². The maximum Gasteiger partial charge on any atom is 0.248 e. The molecule has 1 saturated heterocycles. The van der Waals surface area contributed by atoms with Crippen LogP contribution in [0.15, 0.2) is 24.3 Å². The molecule has 0 radical (unpaired) electrons. The highest BCUT2D eigenvalue weighted by molar-refractivity contribution is 5.78. The van der Waals surface area contributed by atoms with Crippen molar-refractivity contribution in [1.29, 1.82) is 0 Å². The number of fused-ring (bicyclic) bond motifs is 1. The maximum atomic E-state index is 12.4. The first-order valence-corrected chi connectivity index (χ1v) is 9.92. The van der Waals surface area contributed by atoms with Crippen molar-refractivity contribution in [3.63, 3.8) is 0 Å². The van der Waals surface area contributed by atoms with Crippen LogP contribution in [0.5, 0.6) is 5.75 Å². The molecule has 2 fully saturated rings. The highest BCUT2D eigenvalue weighted by atomic mass is 16.5. The summed E-state index contributed by atoms with van der Waals surface area (Å²) in [4.78, 5) is 26.4. The number of nitrogens with zero attached hydrogens (tertiary/aromatic N) is 1. The van der Waals surface area contributed by atoms with Crippen LogP contribution in [0.3, 0.4) is 0 Å². The summed E-state index contributed by atoms with van der Waals surface area (Å²) < 4.78 is 11.4. The first-order chi connectivity index (χ1) is 13.1. The summed E-state index contributed by atoms with van der Waals surface area (Å²) in [6.45, 7) is 1.47. The smallest absolute Gasteiger partial charge is 0.248 e. The monoisotopic (exact) mass is 372 g/mol. The Hall–Kier alpha value is -2.08. The number of rotatable bonds is 5. The van der Waals surface area contributed by atoms with E-state index in [-0.39, 0.29) is 29.9 Å². The molecular weight excluding hydrogens is 344 g/mol. The molecule has 1 aromatic rings. The second kappa shape index (κ2) is 7.50. The fourth-order valence-corrected chi connectivity index (χ4v) is 4.35. The van der Waals surface area contributed by atoms with Crippen LogP contribution in [0.25, 0.3) is 0 Å². The summed E-state index contributed by atoms with van der Waals surface area (Å²) in [5, 5.41) is 3.11. The predicted molar refractivity (Wildman–Crippen MR) is 101 cm³/mol. The van der Waals surface area contributed by atoms with E-state index in [9.17, 15) is 9.59 Å². The number of nitrogens with one attached hydrogen (secondary N) is 1. The van der Waals surface area contributed by atoms with Crippen molar-refractivity contribution < 1.29 is 19.1 Å². The van der Waals surface area contributed by atoms with Crippen LogP contribution in [-0.4, -0.2) is 55.2 Å². The number of hydrogen-bond acceptors (Lipinski definition) is 4. The van der Waals surface area contributed by atoms with Crippen molar-refractivity contribution in [2.45, 2.75) is 56.1 Å². The van der Waals surface area contributed by atoms with Gasteiger partial charge in [0.25, 0.3) is 0 Å². The molecule has 1 aliphatic carbocycles. The highest BCUT2D eigenvalue weighted by Gasteiger charge is 2.44. The van der Waals surface area contributed by atoms with Gasteiger partial charge in [0.15, 0.2) is 0 Å². The summed E-state index contributed by atoms with van der Waals surface area (Å²) in [5.74, 6) is 1.23. The molecular formula is C21H28N2O4. The van der Waals surface area contributed by atoms with Crippen molar-refractivity contribution in [3.05, 3.63) is 29.8 Å². The van der Waals surface area contributed by atoms with Gasteiger partial charge in [-0.2, -0.15) is 0 Å². The number of ether oxygens (including phenoxy) is 2. The van der Waals surface area contributed by atoms with E-state index < -0.39 is 0 Å². The maximum absolute atomic E-state index is 12.4. The van der Waals surface area contributed by atoms with Crippen LogP contribution in [0, 0.1) is 0 Å². The third kappa shape index (κ3) is 4.10. The standard InChI is InChI=1S/C21H28N2O4/c1-26-14-20(25)23-10-8-21(9-11-23)13-15(12-19(24)22-16-6-7-16)17-4-2-3-5-18(17)27-21/h2-5,15-16H,6-14H2,1H3,(H,22,24)/t15-/m1/s1. The van der Waals surface area contributed by atoms with Gasteiger partial charge in [-0.3, -0.25) is 9.59 Å². The Bertz CT molecular complexity index is 708. The molecule has 1 spiro atoms. The largest absolute Gasteiger partial charge is 0.487 e. The Balaban J connectivity index is 1.47. The topological polar surface area (TPSA) is 67.9 Å². The predicted octanol–water partition coefficient (Wildman–Crippen LogP) is 2.23. The molecule has 6 nitrogen and oxygen atoms in total. The molecule has 3 aliphatic rings. The molecule has 2 amide bonds. The zero-order valence-electron chi connectivity index (χ0n) is 15.9. The number of benzene rings is 1. The summed E-state index contributed by atoms with van der Waals surface area (Å²) in [7, 11) is 1.54. The van der Waals surface area contributed by atoms with Crippen LogP contribution >= 0.6 is 0 Å². The van der Waals surface area contributed by atoms with Gasteiger partial charge in [-0.1, -0.05) is 18.2 Å². The lowest BCUT2D eigenvalue weighted by molar-refractivity contribution is -0.139. The third-order valence-corrected chi connectivity index (χ3v) is 5.97. The van der Waals surface area contributed by atoms with Gasteiger partial charge in [0, 0.05) is 51.4 Å². The Morgan fingerprint density at radius 3 is 2.70 bits per heavy atom. The van der Waals surface area contributed by atoms with Crippen molar-refractivity contribution in [2.24, 2.45) is 0 Å². The average molecular weight is 372 g/mol. The number of hydrogen-bond donors (Lipinski definition) is 1. The molecule has 1 N–H and O–H groups in total. The fourth-order valence-electron chi connectivity index (χ4n) is 4.35. The molecule has 1 atom stereocenters. The van der Waals surface area contributed by atoms with Crippen molar-refractivity contribution in [2.75, 3.05) is 26.8 Å². The number of para-hydroxylation sites is 1. The lowest BCUT2D eigenvalue weighted by Crippen LogP contribution is -2.52. The molecule has 0 bridgehead atoms. The van der Waals surface area contributed by atoms with Gasteiger partial charge in [-0.05, 0) is 30.9 Å². The van der Waals surface area contributed by atoms with Crippen LogP contribution in [0.2, 0.25) is 0 Å². The van der Waals surface area contributed by atoms with E-state index in [1.54, 1.807) is 7.11 Å². The molecule has 2 aliphatic heterocycles. The van der Waals surface area contributed by atoms with Gasteiger partial charge >= 0.3 is 0 Å². The summed E-state index contributed by atoms with van der Waals surface area (Å²) in [6.07, 6.45) is 5.12. The average Bonchev–Trinajstić information content (AvgIpc) is 3.46. The van der Waals surface area contributed by atoms with Crippen LogP contribution in [0.1, 0.15) is 50.0 Å². The number of methoxy groups -OCH3 is 1. The van der Waals surface area contributed by atoms with Crippen molar-refractivity contribution in [3.8, 4) is 5.75 Å². The van der Waals surface area contributed by atoms with Crippen molar-refractivity contribution >= 4 is 11.8 Å². The Morgan fingerprint density at radius 1 is 1.26 bits per heavy atom. The fraction of sp³-hybridized carbons (Fsp3) is 0.619. The molecule has 1 saturated carbocycles. The van der Waals surface area contributed by atoms with E-state index in [0.29, 0.717) is 25.6 Å². The van der Waals surface area contributed by atoms with Crippen LogP contribution in [0.4, 0.5) is 0 Å². The number of carbonyl (C=O) groups is 2. The summed E-state index contributed by atoms with van der Waals surface area (Å²) in [5.41, 5.74) is 0.842. The van der Waals surface area contributed by atoms with Gasteiger partial charge in [-0.15, -0.1) is 0 Å². The highest BCUT2D eigenvalue weighted by Crippen LogP contribution is 2.46. The van der Waals surface area contributed by atoms with Crippen molar-refractivity contribution in [1.82, 2.24) is 10.2 Å². The lowest BCUT2D eigenvalue weighted by atomic mass is 9.76. The zero-order valence-corrected chi connectivity index (χ0v) is 15.9. The molecule has 2 heterocycles. The second-order valence-electron chi connectivity index (χ2n) is 8.08. The van der Waals surface area contributed by atoms with E-state index in [1.165, 1.54) is 0 Å². The second-order valence-corrected chi connectivity index (χ2v) is 8.08. The van der Waals surface area contributed by atoms with Gasteiger partial charge in [-0.25, -0.2) is 0 Å². The molecule has 146 valence electrons. The molecule has 4 rings (SSSR count). The number of piperidine rings is 1. The third-order valence-electron chi connectivity index (χ3n) is 5.97. The molecule has 0 aromatic heterocycles. The molecule has 1 aromatic carbocycles. The van der Waals surface area contributed by atoms with E-state index in [1.807, 2.05) is 23.1 Å². The normalized spacial score (nSPS) is 23.4. The minimum Gasteiger partial charge on any atom is -0.487 e. The van der Waals surface area contributed by atoms with E-state index in [4.69, 9.17) is 9.47 Å². The summed E-state index contributed by atoms with van der Waals surface area (Å²) in [6, 6.07) is 8.46. The molecule has 27 heavy (non-hydrogen) atoms. The number of amides is 2.